The first-order valence-corrected chi connectivity index (χ1v) is 6.08. The van der Waals surface area contributed by atoms with Crippen molar-refractivity contribution < 1.29 is 9.59 Å². The molecule has 92 valence electrons. The summed E-state index contributed by atoms with van der Waals surface area (Å²) < 4.78 is 1.59. The molecule has 1 atom stereocenters. The van der Waals surface area contributed by atoms with Gasteiger partial charge in [0.15, 0.2) is 5.16 Å². The molecule has 0 aromatic carbocycles. The lowest BCUT2D eigenvalue weighted by atomic mass is 10.4. The van der Waals surface area contributed by atoms with Crippen molar-refractivity contribution in [3.63, 3.8) is 0 Å². The molecule has 1 aliphatic heterocycles. The van der Waals surface area contributed by atoms with Crippen LogP contribution in [0.15, 0.2) is 5.16 Å². The average molecular weight is 255 g/mol. The molecular weight excluding hydrogens is 242 g/mol. The van der Waals surface area contributed by atoms with E-state index in [4.69, 9.17) is 5.73 Å². The summed E-state index contributed by atoms with van der Waals surface area (Å²) in [7, 11) is 1.72. The summed E-state index contributed by atoms with van der Waals surface area (Å²) in [5.74, 6) is -0.00849. The summed E-state index contributed by atoms with van der Waals surface area (Å²) in [5, 5.41) is 7.70. The number of thioether (sulfide) groups is 1. The highest BCUT2D eigenvalue weighted by Gasteiger charge is 2.38. The predicted molar refractivity (Wildman–Crippen MR) is 62.1 cm³/mol. The molecule has 2 N–H and O–H groups in total. The van der Waals surface area contributed by atoms with Crippen molar-refractivity contribution in [1.82, 2.24) is 19.7 Å². The highest BCUT2D eigenvalue weighted by atomic mass is 32.2. The van der Waals surface area contributed by atoms with Gasteiger partial charge in [-0.15, -0.1) is 10.2 Å². The Hall–Kier alpha value is -1.57. The van der Waals surface area contributed by atoms with E-state index in [1.165, 1.54) is 16.7 Å². The Bertz CT molecular complexity index is 472. The molecule has 1 saturated heterocycles. The molecule has 0 aliphatic carbocycles. The van der Waals surface area contributed by atoms with Crippen LogP contribution >= 0.6 is 11.8 Å². The maximum Gasteiger partial charge on any atom is 0.243 e. The fourth-order valence-corrected chi connectivity index (χ4v) is 2.68. The Labute approximate surface area is 102 Å². The lowest BCUT2D eigenvalue weighted by Gasteiger charge is -2.11. The van der Waals surface area contributed by atoms with Gasteiger partial charge in [0.1, 0.15) is 5.25 Å². The van der Waals surface area contributed by atoms with Gasteiger partial charge in [0, 0.05) is 20.0 Å². The zero-order valence-electron chi connectivity index (χ0n) is 9.58. The van der Waals surface area contributed by atoms with E-state index >= 15 is 0 Å². The zero-order valence-corrected chi connectivity index (χ0v) is 10.4. The van der Waals surface area contributed by atoms with Crippen molar-refractivity contribution in [2.24, 2.45) is 7.05 Å². The topological polar surface area (TPSA) is 94.1 Å². The van der Waals surface area contributed by atoms with Crippen LogP contribution in [0, 0.1) is 0 Å². The second kappa shape index (κ2) is 4.36. The maximum absolute atomic E-state index is 11.9. The molecular formula is C9H13N5O2S. The zero-order chi connectivity index (χ0) is 12.6. The number of imide groups is 1. The van der Waals surface area contributed by atoms with Crippen LogP contribution in [0.3, 0.4) is 0 Å². The first kappa shape index (κ1) is 11.9. The van der Waals surface area contributed by atoms with Crippen LogP contribution in [-0.4, -0.2) is 43.3 Å². The van der Waals surface area contributed by atoms with Gasteiger partial charge in [-0.05, 0) is 6.92 Å². The van der Waals surface area contributed by atoms with Crippen LogP contribution in [0.25, 0.3) is 0 Å². The highest BCUT2D eigenvalue weighted by molar-refractivity contribution is 8.00. The number of anilines is 1. The summed E-state index contributed by atoms with van der Waals surface area (Å²) in [6.45, 7) is 2.19. The summed E-state index contributed by atoms with van der Waals surface area (Å²) >= 11 is 1.23. The molecule has 0 bridgehead atoms. The van der Waals surface area contributed by atoms with E-state index in [1.807, 2.05) is 0 Å². The minimum absolute atomic E-state index is 0.134. The van der Waals surface area contributed by atoms with Gasteiger partial charge in [-0.25, -0.2) is 0 Å². The van der Waals surface area contributed by atoms with Crippen LogP contribution in [0.5, 0.6) is 0 Å². The van der Waals surface area contributed by atoms with Gasteiger partial charge in [-0.1, -0.05) is 11.8 Å². The van der Waals surface area contributed by atoms with Gasteiger partial charge in [0.2, 0.25) is 17.8 Å². The van der Waals surface area contributed by atoms with Crippen LogP contribution in [0.2, 0.25) is 0 Å². The normalized spacial score (nSPS) is 20.4. The second-order valence-corrected chi connectivity index (χ2v) is 4.86. The standard InChI is InChI=1S/C9H13N5O2S/c1-3-14-6(15)4-5(7(14)16)17-9-12-11-8(10)13(9)2/h5H,3-4H2,1-2H3,(H2,10,11). The number of amides is 2. The Morgan fingerprint density at radius 1 is 1.47 bits per heavy atom. The largest absolute Gasteiger partial charge is 0.368 e. The molecule has 2 amide bonds. The summed E-state index contributed by atoms with van der Waals surface area (Å²) in [6, 6.07) is 0. The fourth-order valence-electron chi connectivity index (χ4n) is 1.63. The maximum atomic E-state index is 11.9. The third-order valence-corrected chi connectivity index (χ3v) is 3.85. The minimum atomic E-state index is -0.412. The van der Waals surface area contributed by atoms with Crippen molar-refractivity contribution in [1.29, 1.82) is 0 Å². The molecule has 1 fully saturated rings. The number of hydrogen-bond acceptors (Lipinski definition) is 6. The quantitative estimate of drug-likeness (QED) is 0.741. The smallest absolute Gasteiger partial charge is 0.243 e. The lowest BCUT2D eigenvalue weighted by Crippen LogP contribution is -2.30. The Morgan fingerprint density at radius 3 is 2.65 bits per heavy atom. The molecule has 7 nitrogen and oxygen atoms in total. The van der Waals surface area contributed by atoms with Gasteiger partial charge in [-0.3, -0.25) is 19.1 Å². The van der Waals surface area contributed by atoms with E-state index in [2.05, 4.69) is 10.2 Å². The number of carbonyl (C=O) groups excluding carboxylic acids is 2. The molecule has 1 aromatic rings. The molecule has 0 radical (unpaired) electrons. The molecule has 1 aliphatic rings. The number of carbonyl (C=O) groups is 2. The number of aromatic nitrogens is 3. The molecule has 1 unspecified atom stereocenters. The third kappa shape index (κ3) is 1.99. The molecule has 17 heavy (non-hydrogen) atoms. The number of likely N-dealkylation sites (tertiary alicyclic amines) is 1. The molecule has 1 aromatic heterocycles. The van der Waals surface area contributed by atoms with Gasteiger partial charge >= 0.3 is 0 Å². The molecule has 0 spiro atoms. The van der Waals surface area contributed by atoms with Gasteiger partial charge < -0.3 is 5.73 Å². The molecule has 8 heteroatoms. The van der Waals surface area contributed by atoms with E-state index < -0.39 is 5.25 Å². The second-order valence-electron chi connectivity index (χ2n) is 3.69. The minimum Gasteiger partial charge on any atom is -0.368 e. The SMILES string of the molecule is CCN1C(=O)CC(Sc2nnc(N)n2C)C1=O. The number of nitrogens with two attached hydrogens (primary N) is 1. The molecule has 2 rings (SSSR count). The number of hydrogen-bond donors (Lipinski definition) is 1. The van der Waals surface area contributed by atoms with Gasteiger partial charge in [0.25, 0.3) is 0 Å². The highest BCUT2D eigenvalue weighted by Crippen LogP contribution is 2.30. The molecule has 2 heterocycles. The van der Waals surface area contributed by atoms with Gasteiger partial charge in [-0.2, -0.15) is 0 Å². The Balaban J connectivity index is 2.13. The first-order chi connectivity index (χ1) is 8.04. The monoisotopic (exact) mass is 255 g/mol. The molecule has 0 saturated carbocycles. The van der Waals surface area contributed by atoms with Crippen LogP contribution < -0.4 is 5.73 Å². The Morgan fingerprint density at radius 2 is 2.18 bits per heavy atom. The van der Waals surface area contributed by atoms with Crippen molar-refractivity contribution in [2.75, 3.05) is 12.3 Å². The van der Waals surface area contributed by atoms with Crippen molar-refractivity contribution in [2.45, 2.75) is 23.8 Å². The summed E-state index contributed by atoms with van der Waals surface area (Å²) in [4.78, 5) is 24.7. The predicted octanol–water partition coefficient (Wildman–Crippen LogP) is -0.363. The van der Waals surface area contributed by atoms with E-state index in [-0.39, 0.29) is 24.2 Å². The third-order valence-electron chi connectivity index (χ3n) is 2.64. The number of nitrogen functional groups attached to an aromatic ring is 1. The van der Waals surface area contributed by atoms with Crippen LogP contribution in [-0.2, 0) is 16.6 Å². The van der Waals surface area contributed by atoms with E-state index in [1.54, 1.807) is 18.5 Å². The van der Waals surface area contributed by atoms with Crippen molar-refractivity contribution in [3.8, 4) is 0 Å². The first-order valence-electron chi connectivity index (χ1n) is 5.20. The number of nitrogens with zero attached hydrogens (tertiary/aromatic N) is 4. The van der Waals surface area contributed by atoms with E-state index in [9.17, 15) is 9.59 Å². The van der Waals surface area contributed by atoms with E-state index in [0.717, 1.165) is 0 Å². The average Bonchev–Trinajstić information content (AvgIpc) is 2.74. The number of rotatable bonds is 3. The van der Waals surface area contributed by atoms with Gasteiger partial charge in [0.05, 0.1) is 0 Å². The van der Waals surface area contributed by atoms with Crippen LogP contribution in [0.1, 0.15) is 13.3 Å². The van der Waals surface area contributed by atoms with E-state index in [0.29, 0.717) is 11.7 Å². The fraction of sp³-hybridized carbons (Fsp3) is 0.556. The Kier molecular flexibility index (Phi) is 3.05. The van der Waals surface area contributed by atoms with Crippen molar-refractivity contribution in [3.05, 3.63) is 0 Å². The summed E-state index contributed by atoms with van der Waals surface area (Å²) in [6.07, 6.45) is 0.212. The summed E-state index contributed by atoms with van der Waals surface area (Å²) in [5.41, 5.74) is 5.54. The van der Waals surface area contributed by atoms with Crippen molar-refractivity contribution >= 4 is 29.5 Å². The van der Waals surface area contributed by atoms with Crippen LogP contribution in [0.4, 0.5) is 5.95 Å². The lowest BCUT2D eigenvalue weighted by molar-refractivity contribution is -0.137.